The van der Waals surface area contributed by atoms with E-state index < -0.39 is 23.2 Å². The van der Waals surface area contributed by atoms with Gasteiger partial charge in [0.05, 0.1) is 0 Å². The average Bonchev–Trinajstić information content (AvgIpc) is 2.98. The van der Waals surface area contributed by atoms with Crippen molar-refractivity contribution < 1.29 is 18.4 Å². The Morgan fingerprint density at radius 3 is 2.43 bits per heavy atom. The minimum atomic E-state index is -1.05. The highest BCUT2D eigenvalue weighted by atomic mass is 35.5. The van der Waals surface area contributed by atoms with Crippen molar-refractivity contribution in [3.8, 4) is 0 Å². The van der Waals surface area contributed by atoms with E-state index in [2.05, 4.69) is 5.32 Å². The van der Waals surface area contributed by atoms with Crippen LogP contribution in [0.4, 0.5) is 14.5 Å². The number of hydrogen-bond acceptors (Lipinski definition) is 3. The van der Waals surface area contributed by atoms with Gasteiger partial charge >= 0.3 is 0 Å². The summed E-state index contributed by atoms with van der Waals surface area (Å²) in [6, 6.07) is 9.98. The molecule has 156 valence electrons. The van der Waals surface area contributed by atoms with Gasteiger partial charge in [-0.05, 0) is 49.9 Å². The standard InChI is InChI=1S/C22H20ClF2N3O2/c23-15-6-4-14(5-7-15)20-21(30)28(22(27-20)10-2-1-3-11-22)13-19(29)26-16-8-9-17(24)18(25)12-16/h4-9,12H,1-3,10-11,13H2,(H,26,29). The lowest BCUT2D eigenvalue weighted by Gasteiger charge is -2.38. The molecule has 1 aliphatic carbocycles. The van der Waals surface area contributed by atoms with Gasteiger partial charge in [0.25, 0.3) is 5.91 Å². The van der Waals surface area contributed by atoms with E-state index in [-0.39, 0.29) is 18.1 Å². The van der Waals surface area contributed by atoms with Crippen molar-refractivity contribution in [2.75, 3.05) is 11.9 Å². The number of nitrogens with zero attached hydrogens (tertiary/aromatic N) is 2. The second-order valence-electron chi connectivity index (χ2n) is 7.58. The van der Waals surface area contributed by atoms with E-state index in [0.717, 1.165) is 31.4 Å². The highest BCUT2D eigenvalue weighted by Gasteiger charge is 2.48. The third-order valence-electron chi connectivity index (χ3n) is 5.55. The van der Waals surface area contributed by atoms with Crippen LogP contribution in [0.1, 0.15) is 37.7 Å². The summed E-state index contributed by atoms with van der Waals surface area (Å²) < 4.78 is 26.5. The van der Waals surface area contributed by atoms with Crippen LogP contribution in [0.2, 0.25) is 5.02 Å². The number of rotatable bonds is 4. The minimum absolute atomic E-state index is 0.127. The molecule has 1 aliphatic heterocycles. The summed E-state index contributed by atoms with van der Waals surface area (Å²) in [6.07, 6.45) is 4.22. The Morgan fingerprint density at radius 1 is 1.07 bits per heavy atom. The Morgan fingerprint density at radius 2 is 1.77 bits per heavy atom. The third-order valence-corrected chi connectivity index (χ3v) is 5.80. The molecule has 1 heterocycles. The van der Waals surface area contributed by atoms with Crippen molar-refractivity contribution in [2.45, 2.75) is 37.8 Å². The molecule has 2 amide bonds. The van der Waals surface area contributed by atoms with Crippen molar-refractivity contribution >= 4 is 34.8 Å². The first-order chi connectivity index (χ1) is 14.4. The van der Waals surface area contributed by atoms with Gasteiger partial charge in [-0.1, -0.05) is 30.2 Å². The summed E-state index contributed by atoms with van der Waals surface area (Å²) >= 11 is 5.95. The van der Waals surface area contributed by atoms with Crippen LogP contribution in [0.5, 0.6) is 0 Å². The molecule has 2 aromatic carbocycles. The molecule has 1 N–H and O–H groups in total. The van der Waals surface area contributed by atoms with E-state index in [1.54, 1.807) is 24.3 Å². The maximum Gasteiger partial charge on any atom is 0.275 e. The molecule has 2 aliphatic rings. The molecular formula is C22H20ClF2N3O2. The second-order valence-corrected chi connectivity index (χ2v) is 8.02. The van der Waals surface area contributed by atoms with E-state index in [1.807, 2.05) is 0 Å². The predicted octanol–water partition coefficient (Wildman–Crippen LogP) is 4.55. The molecule has 4 rings (SSSR count). The Labute approximate surface area is 177 Å². The molecule has 30 heavy (non-hydrogen) atoms. The molecule has 1 spiro atoms. The zero-order chi connectivity index (χ0) is 21.3. The van der Waals surface area contributed by atoms with Gasteiger partial charge in [-0.25, -0.2) is 8.78 Å². The predicted molar refractivity (Wildman–Crippen MR) is 111 cm³/mol. The first kappa shape index (κ1) is 20.5. The van der Waals surface area contributed by atoms with Gasteiger partial charge in [-0.3, -0.25) is 14.6 Å². The molecule has 8 heteroatoms. The fraction of sp³-hybridized carbons (Fsp3) is 0.318. The van der Waals surface area contributed by atoms with Gasteiger partial charge in [0.1, 0.15) is 17.9 Å². The smallest absolute Gasteiger partial charge is 0.275 e. The van der Waals surface area contributed by atoms with Gasteiger partial charge < -0.3 is 10.2 Å². The fourth-order valence-electron chi connectivity index (χ4n) is 4.07. The minimum Gasteiger partial charge on any atom is -0.324 e. The van der Waals surface area contributed by atoms with E-state index in [1.165, 1.54) is 11.0 Å². The van der Waals surface area contributed by atoms with Crippen LogP contribution in [0.15, 0.2) is 47.5 Å². The Hall–Kier alpha value is -2.80. The Bertz CT molecular complexity index is 1020. The number of halogens is 3. The summed E-state index contributed by atoms with van der Waals surface area (Å²) in [5, 5.41) is 3.09. The van der Waals surface area contributed by atoms with Crippen molar-refractivity contribution in [2.24, 2.45) is 4.99 Å². The van der Waals surface area contributed by atoms with Crippen molar-refractivity contribution in [3.05, 3.63) is 64.7 Å². The lowest BCUT2D eigenvalue weighted by Crippen LogP contribution is -2.51. The molecule has 1 fully saturated rings. The molecule has 0 saturated heterocycles. The second kappa shape index (κ2) is 8.14. The van der Waals surface area contributed by atoms with Crippen LogP contribution < -0.4 is 5.32 Å². The monoisotopic (exact) mass is 431 g/mol. The number of aliphatic imine (C=N–C) groups is 1. The molecule has 2 aromatic rings. The zero-order valence-electron chi connectivity index (χ0n) is 16.1. The number of anilines is 1. The van der Waals surface area contributed by atoms with Crippen LogP contribution in [-0.2, 0) is 9.59 Å². The van der Waals surface area contributed by atoms with Crippen molar-refractivity contribution in [1.82, 2.24) is 4.90 Å². The average molecular weight is 432 g/mol. The van der Waals surface area contributed by atoms with Crippen LogP contribution in [0.3, 0.4) is 0 Å². The summed E-state index contributed by atoms with van der Waals surface area (Å²) in [4.78, 5) is 32.2. The molecular weight excluding hydrogens is 412 g/mol. The lowest BCUT2D eigenvalue weighted by atomic mass is 9.88. The first-order valence-corrected chi connectivity index (χ1v) is 10.2. The summed E-state index contributed by atoms with van der Waals surface area (Å²) in [5.74, 6) is -2.86. The maximum atomic E-state index is 13.4. The maximum absolute atomic E-state index is 13.4. The molecule has 0 aromatic heterocycles. The number of carbonyl (C=O) groups is 2. The zero-order valence-corrected chi connectivity index (χ0v) is 16.9. The SMILES string of the molecule is O=C(CN1C(=O)C(c2ccc(Cl)cc2)=NC12CCCCC2)Nc1ccc(F)c(F)c1. The Kier molecular flexibility index (Phi) is 5.56. The van der Waals surface area contributed by atoms with Crippen LogP contribution in [0.25, 0.3) is 0 Å². The number of nitrogens with one attached hydrogen (secondary N) is 1. The van der Waals surface area contributed by atoms with Gasteiger partial charge in [-0.15, -0.1) is 0 Å². The molecule has 0 bridgehead atoms. The van der Waals surface area contributed by atoms with Crippen LogP contribution in [0, 0.1) is 11.6 Å². The summed E-state index contributed by atoms with van der Waals surface area (Å²) in [7, 11) is 0. The molecule has 0 unspecified atom stereocenters. The van der Waals surface area contributed by atoms with E-state index >= 15 is 0 Å². The number of benzene rings is 2. The quantitative estimate of drug-likeness (QED) is 0.772. The number of carbonyl (C=O) groups excluding carboxylic acids is 2. The van der Waals surface area contributed by atoms with E-state index in [9.17, 15) is 18.4 Å². The molecule has 1 saturated carbocycles. The van der Waals surface area contributed by atoms with Crippen LogP contribution >= 0.6 is 11.6 Å². The molecule has 0 atom stereocenters. The van der Waals surface area contributed by atoms with Gasteiger partial charge in [0.15, 0.2) is 11.6 Å². The topological polar surface area (TPSA) is 61.8 Å². The largest absolute Gasteiger partial charge is 0.324 e. The normalized spacial score (nSPS) is 17.9. The first-order valence-electron chi connectivity index (χ1n) is 9.81. The van der Waals surface area contributed by atoms with Crippen molar-refractivity contribution in [3.63, 3.8) is 0 Å². The number of amides is 2. The highest BCUT2D eigenvalue weighted by Crippen LogP contribution is 2.39. The van der Waals surface area contributed by atoms with E-state index in [4.69, 9.17) is 16.6 Å². The summed E-state index contributed by atoms with van der Waals surface area (Å²) in [5.41, 5.74) is 0.338. The van der Waals surface area contributed by atoms with Crippen LogP contribution in [-0.4, -0.2) is 34.6 Å². The Balaban J connectivity index is 1.57. The number of hydrogen-bond donors (Lipinski definition) is 1. The molecule has 5 nitrogen and oxygen atoms in total. The third kappa shape index (κ3) is 3.94. The highest BCUT2D eigenvalue weighted by molar-refractivity contribution is 6.47. The van der Waals surface area contributed by atoms with Crippen molar-refractivity contribution in [1.29, 1.82) is 0 Å². The van der Waals surface area contributed by atoms with E-state index in [0.29, 0.717) is 29.1 Å². The van der Waals surface area contributed by atoms with Gasteiger partial charge in [0.2, 0.25) is 5.91 Å². The van der Waals surface area contributed by atoms with Gasteiger partial charge in [-0.2, -0.15) is 0 Å². The lowest BCUT2D eigenvalue weighted by molar-refractivity contribution is -0.134. The fourth-order valence-corrected chi connectivity index (χ4v) is 4.19. The molecule has 0 radical (unpaired) electrons. The summed E-state index contributed by atoms with van der Waals surface area (Å²) in [6.45, 7) is -0.224. The van der Waals surface area contributed by atoms with Gasteiger partial charge in [0, 0.05) is 22.3 Å².